The summed E-state index contributed by atoms with van der Waals surface area (Å²) >= 11 is 0. The van der Waals surface area contributed by atoms with Gasteiger partial charge in [-0.15, -0.1) is 0 Å². The number of hydrogen-bond donors (Lipinski definition) is 1. The smallest absolute Gasteiger partial charge is 0.272 e. The van der Waals surface area contributed by atoms with Gasteiger partial charge < -0.3 is 0 Å². The molecule has 0 radical (unpaired) electrons. The first-order valence-electron chi connectivity index (χ1n) is 1.77. The molecule has 0 aliphatic rings. The second-order valence-electron chi connectivity index (χ2n) is 0.932. The summed E-state index contributed by atoms with van der Waals surface area (Å²) < 4.78 is 0. The maximum Gasteiger partial charge on any atom is 0.279 e. The summed E-state index contributed by atoms with van der Waals surface area (Å²) in [5, 5.41) is 2.57. The van der Waals surface area contributed by atoms with Crippen molar-refractivity contribution >= 4 is 12.0 Å². The fourth-order valence-corrected chi connectivity index (χ4v) is 0.106. The lowest BCUT2D eigenvalue weighted by atomic mass is 10.8. The minimum atomic E-state index is -0.427. The average Bonchev–Trinajstić information content (AvgIpc) is 1.66. The van der Waals surface area contributed by atoms with Crippen LogP contribution in [0.1, 0.15) is 6.92 Å². The van der Waals surface area contributed by atoms with Crippen LogP contribution in [0.3, 0.4) is 0 Å². The number of carbonyl (C=O) groups excluding carboxylic acids is 2. The molecule has 0 aromatic heterocycles. The molecule has 0 heterocycles. The first-order valence-corrected chi connectivity index (χ1v) is 1.77. The average molecular weight is 116 g/mol. The Bertz CT molecular complexity index is 124. The number of rotatable bonds is 2. The lowest BCUT2D eigenvalue weighted by molar-refractivity contribution is -0.131. The second kappa shape index (κ2) is 3.83. The van der Waals surface area contributed by atoms with Gasteiger partial charge in [0.1, 0.15) is 0 Å². The third-order valence-electron chi connectivity index (χ3n) is 0.272. The topological polar surface area (TPSA) is 67.8 Å². The van der Waals surface area contributed by atoms with Crippen LogP contribution in [0, 0.1) is 0 Å². The largest absolute Gasteiger partial charge is 0.279 e. The molecule has 1 amide bonds. The molecule has 0 saturated heterocycles. The molecule has 0 aliphatic heterocycles. The maximum absolute atomic E-state index is 9.89. The highest BCUT2D eigenvalue weighted by Gasteiger charge is 1.83. The summed E-state index contributed by atoms with van der Waals surface area (Å²) in [6, 6.07) is 0. The lowest BCUT2D eigenvalue weighted by Crippen LogP contribution is -2.16. The fourth-order valence-electron chi connectivity index (χ4n) is 0.106. The molecule has 0 aliphatic carbocycles. The molecule has 0 rings (SSSR count). The molecule has 8 heavy (non-hydrogen) atoms. The Labute approximate surface area is 45.3 Å². The quantitative estimate of drug-likeness (QED) is 0.295. The van der Waals surface area contributed by atoms with Crippen molar-refractivity contribution in [3.8, 4) is 0 Å². The van der Waals surface area contributed by atoms with Crippen LogP contribution in [0.25, 0.3) is 0 Å². The van der Waals surface area contributed by atoms with E-state index >= 15 is 0 Å². The van der Waals surface area contributed by atoms with Crippen LogP contribution in [0.2, 0.25) is 0 Å². The van der Waals surface area contributed by atoms with Crippen molar-refractivity contribution in [2.45, 2.75) is 6.92 Å². The third-order valence-corrected chi connectivity index (χ3v) is 0.272. The number of amides is 1. The van der Waals surface area contributed by atoms with Gasteiger partial charge in [0.15, 0.2) is 0 Å². The number of hydrogen-bond acceptors (Lipinski definition) is 4. The molecule has 0 spiro atoms. The van der Waals surface area contributed by atoms with Gasteiger partial charge in [-0.3, -0.25) is 9.73 Å². The highest BCUT2D eigenvalue weighted by molar-refractivity contribution is 5.71. The van der Waals surface area contributed by atoms with Gasteiger partial charge in [0.05, 0.1) is 0 Å². The maximum atomic E-state index is 9.89. The molecule has 0 aromatic carbocycles. The summed E-state index contributed by atoms with van der Waals surface area (Å²) in [4.78, 5) is 23.0. The first-order chi connectivity index (χ1) is 3.77. The van der Waals surface area contributed by atoms with Crippen molar-refractivity contribution in [3.63, 3.8) is 0 Å². The van der Waals surface area contributed by atoms with Crippen LogP contribution in [0.4, 0.5) is 0 Å². The third kappa shape index (κ3) is 4.65. The number of hydroxylamine groups is 1. The Hall–Kier alpha value is -1.35. The van der Waals surface area contributed by atoms with E-state index in [4.69, 9.17) is 0 Å². The molecule has 1 N–H and O–H groups in total. The predicted octanol–water partition coefficient (Wildman–Crippen LogP) is -0.695. The van der Waals surface area contributed by atoms with Gasteiger partial charge in [0.25, 0.3) is 12.0 Å². The van der Waals surface area contributed by atoms with Crippen LogP contribution in [-0.4, -0.2) is 12.0 Å². The van der Waals surface area contributed by atoms with E-state index in [-0.39, 0.29) is 0 Å². The monoisotopic (exact) mass is 116 g/mol. The molecular formula is C3H4N2O3. The van der Waals surface area contributed by atoms with Crippen LogP contribution in [-0.2, 0) is 14.5 Å². The summed E-state index contributed by atoms with van der Waals surface area (Å²) in [6.07, 6.45) is 1.06. The summed E-state index contributed by atoms with van der Waals surface area (Å²) in [6.45, 7) is 1.22. The zero-order chi connectivity index (χ0) is 6.41. The SMILES string of the molecule is CC(=O)NON=C=O. The van der Waals surface area contributed by atoms with E-state index in [2.05, 4.69) is 10.1 Å². The van der Waals surface area contributed by atoms with Crippen molar-refractivity contribution in [2.75, 3.05) is 0 Å². The normalized spacial score (nSPS) is 6.62. The first kappa shape index (κ1) is 6.65. The molecular weight excluding hydrogens is 112 g/mol. The molecule has 0 unspecified atom stereocenters. The van der Waals surface area contributed by atoms with Gasteiger partial charge in [-0.25, -0.2) is 4.79 Å². The van der Waals surface area contributed by atoms with Gasteiger partial charge in [0, 0.05) is 12.1 Å². The van der Waals surface area contributed by atoms with E-state index in [0.717, 1.165) is 6.08 Å². The molecule has 0 saturated carbocycles. The van der Waals surface area contributed by atoms with Crippen molar-refractivity contribution in [3.05, 3.63) is 0 Å². The molecule has 44 valence electrons. The Kier molecular flexibility index (Phi) is 3.18. The van der Waals surface area contributed by atoms with E-state index in [1.165, 1.54) is 6.92 Å². The van der Waals surface area contributed by atoms with Gasteiger partial charge >= 0.3 is 0 Å². The van der Waals surface area contributed by atoms with Gasteiger partial charge in [0.2, 0.25) is 0 Å². The van der Waals surface area contributed by atoms with E-state index in [1.54, 1.807) is 5.48 Å². The zero-order valence-electron chi connectivity index (χ0n) is 4.17. The Balaban J connectivity index is 3.18. The van der Waals surface area contributed by atoms with Gasteiger partial charge in [-0.2, -0.15) is 5.48 Å². The number of nitrogens with one attached hydrogen (secondary N) is 1. The number of isocyanates is 1. The summed E-state index contributed by atoms with van der Waals surface area (Å²) in [5.41, 5.74) is 1.78. The highest BCUT2D eigenvalue weighted by Crippen LogP contribution is 1.62. The van der Waals surface area contributed by atoms with Crippen LogP contribution < -0.4 is 5.48 Å². The Morgan fingerprint density at radius 1 is 1.88 bits per heavy atom. The molecule has 0 atom stereocenters. The van der Waals surface area contributed by atoms with E-state index < -0.39 is 5.91 Å². The summed E-state index contributed by atoms with van der Waals surface area (Å²) in [5.74, 6) is -0.427. The van der Waals surface area contributed by atoms with Crippen LogP contribution >= 0.6 is 0 Å². The number of nitrogens with zero attached hydrogens (tertiary/aromatic N) is 1. The molecule has 5 heteroatoms. The predicted molar refractivity (Wildman–Crippen MR) is 23.0 cm³/mol. The van der Waals surface area contributed by atoms with Crippen molar-refractivity contribution < 1.29 is 14.5 Å². The number of carbonyl (C=O) groups is 1. The minimum absolute atomic E-state index is 0.427. The highest BCUT2D eigenvalue weighted by atomic mass is 16.8. The van der Waals surface area contributed by atoms with Crippen LogP contribution in [0.5, 0.6) is 0 Å². The standard InChI is InChI=1S/C3H4N2O3/c1-3(7)5-8-4-2-6/h1H3,(H,5,7). The molecule has 0 fully saturated rings. The summed E-state index contributed by atoms with van der Waals surface area (Å²) in [7, 11) is 0. The van der Waals surface area contributed by atoms with E-state index in [1.807, 2.05) is 0 Å². The fraction of sp³-hybridized carbons (Fsp3) is 0.333. The van der Waals surface area contributed by atoms with Crippen molar-refractivity contribution in [1.29, 1.82) is 0 Å². The van der Waals surface area contributed by atoms with E-state index in [9.17, 15) is 9.59 Å². The second-order valence-corrected chi connectivity index (χ2v) is 0.932. The zero-order valence-corrected chi connectivity index (χ0v) is 4.17. The lowest BCUT2D eigenvalue weighted by Gasteiger charge is -1.89. The van der Waals surface area contributed by atoms with Gasteiger partial charge in [-0.1, -0.05) is 0 Å². The van der Waals surface area contributed by atoms with Crippen LogP contribution in [0.15, 0.2) is 5.16 Å². The molecule has 0 aromatic rings. The Morgan fingerprint density at radius 3 is 2.88 bits per heavy atom. The van der Waals surface area contributed by atoms with Crippen molar-refractivity contribution in [1.82, 2.24) is 5.48 Å². The molecule has 5 nitrogen and oxygen atoms in total. The van der Waals surface area contributed by atoms with E-state index in [0.29, 0.717) is 0 Å². The van der Waals surface area contributed by atoms with Crippen molar-refractivity contribution in [2.24, 2.45) is 5.16 Å². The van der Waals surface area contributed by atoms with Gasteiger partial charge in [-0.05, 0) is 0 Å². The minimum Gasteiger partial charge on any atom is -0.272 e. The molecule has 0 bridgehead atoms. The Morgan fingerprint density at radius 2 is 2.50 bits per heavy atom.